The lowest BCUT2D eigenvalue weighted by molar-refractivity contribution is 0.0689. The van der Waals surface area contributed by atoms with Gasteiger partial charge in [0.1, 0.15) is 5.75 Å². The summed E-state index contributed by atoms with van der Waals surface area (Å²) in [5.41, 5.74) is 2.32. The molecule has 4 aromatic rings. The van der Waals surface area contributed by atoms with Crippen LogP contribution in [-0.4, -0.2) is 34.6 Å². The molecule has 168 valence electrons. The van der Waals surface area contributed by atoms with Crippen LogP contribution in [0.3, 0.4) is 0 Å². The van der Waals surface area contributed by atoms with E-state index in [4.69, 9.17) is 20.9 Å². The Morgan fingerprint density at radius 3 is 2.42 bits per heavy atom. The van der Waals surface area contributed by atoms with Gasteiger partial charge in [-0.2, -0.15) is 4.98 Å². The van der Waals surface area contributed by atoms with E-state index in [0.717, 1.165) is 16.9 Å². The van der Waals surface area contributed by atoms with Gasteiger partial charge in [-0.1, -0.05) is 59.2 Å². The molecule has 7 heteroatoms. The van der Waals surface area contributed by atoms with E-state index in [0.29, 0.717) is 35.3 Å². The van der Waals surface area contributed by atoms with E-state index in [2.05, 4.69) is 10.1 Å². The van der Waals surface area contributed by atoms with Gasteiger partial charge in [0.25, 0.3) is 5.91 Å². The predicted molar refractivity (Wildman–Crippen MR) is 127 cm³/mol. The first-order valence-corrected chi connectivity index (χ1v) is 11.0. The zero-order chi connectivity index (χ0) is 23.2. The molecule has 1 aromatic heterocycles. The van der Waals surface area contributed by atoms with E-state index in [1.165, 1.54) is 0 Å². The minimum absolute atomic E-state index is 0.146. The molecule has 0 bridgehead atoms. The van der Waals surface area contributed by atoms with Crippen LogP contribution in [0.4, 0.5) is 0 Å². The summed E-state index contributed by atoms with van der Waals surface area (Å²) in [6.45, 7) is 2.39. The maximum Gasteiger partial charge on any atom is 0.255 e. The van der Waals surface area contributed by atoms with Crippen molar-refractivity contribution in [1.29, 1.82) is 0 Å². The Balaban J connectivity index is 1.55. The van der Waals surface area contributed by atoms with E-state index in [-0.39, 0.29) is 11.9 Å². The fourth-order valence-corrected chi connectivity index (χ4v) is 3.82. The molecular weight excluding hydrogens is 438 g/mol. The molecule has 1 unspecified atom stereocenters. The standard InChI is InChI=1S/C26H24ClN3O3/c1-18(19-8-4-3-5-9-19)30(26(31)22-10-6-7-11-23(22)27)17-16-24-28-25(29-33-24)20-12-14-21(32-2)15-13-20/h3-15,18H,16-17H2,1-2H3. The Morgan fingerprint density at radius 2 is 1.73 bits per heavy atom. The van der Waals surface area contributed by atoms with Crippen molar-refractivity contribution in [3.8, 4) is 17.1 Å². The number of hydrogen-bond donors (Lipinski definition) is 0. The Labute approximate surface area is 197 Å². The van der Waals surface area contributed by atoms with Crippen LogP contribution in [0.5, 0.6) is 5.75 Å². The van der Waals surface area contributed by atoms with Crippen LogP contribution < -0.4 is 4.74 Å². The highest BCUT2D eigenvalue weighted by Crippen LogP contribution is 2.26. The van der Waals surface area contributed by atoms with Gasteiger partial charge in [-0.25, -0.2) is 0 Å². The van der Waals surface area contributed by atoms with Gasteiger partial charge < -0.3 is 14.2 Å². The second-order valence-electron chi connectivity index (χ2n) is 7.56. The minimum atomic E-state index is -0.168. The van der Waals surface area contributed by atoms with Gasteiger partial charge in [-0.3, -0.25) is 4.79 Å². The van der Waals surface area contributed by atoms with Crippen LogP contribution >= 0.6 is 11.6 Å². The Hall–Kier alpha value is -3.64. The zero-order valence-corrected chi connectivity index (χ0v) is 19.2. The molecule has 0 radical (unpaired) electrons. The molecule has 0 aliphatic carbocycles. The average molecular weight is 462 g/mol. The summed E-state index contributed by atoms with van der Waals surface area (Å²) < 4.78 is 10.7. The van der Waals surface area contributed by atoms with E-state index in [1.54, 1.807) is 24.1 Å². The maximum atomic E-state index is 13.5. The quantitative estimate of drug-likeness (QED) is 0.329. The van der Waals surface area contributed by atoms with Gasteiger partial charge in [-0.15, -0.1) is 0 Å². The Bertz CT molecular complexity index is 1210. The zero-order valence-electron chi connectivity index (χ0n) is 18.4. The van der Waals surface area contributed by atoms with Gasteiger partial charge in [0.2, 0.25) is 11.7 Å². The summed E-state index contributed by atoms with van der Waals surface area (Å²) in [5.74, 6) is 1.56. The number of amides is 1. The smallest absolute Gasteiger partial charge is 0.255 e. The first-order valence-electron chi connectivity index (χ1n) is 10.6. The van der Waals surface area contributed by atoms with Crippen molar-refractivity contribution in [2.45, 2.75) is 19.4 Å². The van der Waals surface area contributed by atoms with Crippen molar-refractivity contribution in [1.82, 2.24) is 15.0 Å². The third kappa shape index (κ3) is 5.23. The molecule has 0 aliphatic rings. The van der Waals surface area contributed by atoms with E-state index >= 15 is 0 Å². The summed E-state index contributed by atoms with van der Waals surface area (Å²) in [6, 6.07) is 24.2. The minimum Gasteiger partial charge on any atom is -0.497 e. The van der Waals surface area contributed by atoms with Gasteiger partial charge in [0, 0.05) is 18.5 Å². The highest BCUT2D eigenvalue weighted by molar-refractivity contribution is 6.33. The molecule has 0 saturated heterocycles. The number of benzene rings is 3. The molecule has 1 amide bonds. The number of carbonyl (C=O) groups excluding carboxylic acids is 1. The van der Waals surface area contributed by atoms with Crippen molar-refractivity contribution in [2.75, 3.05) is 13.7 Å². The van der Waals surface area contributed by atoms with Crippen molar-refractivity contribution in [3.63, 3.8) is 0 Å². The molecule has 0 saturated carbocycles. The lowest BCUT2D eigenvalue weighted by atomic mass is 10.0. The Morgan fingerprint density at radius 1 is 1.03 bits per heavy atom. The first kappa shape index (κ1) is 22.6. The molecule has 0 fully saturated rings. The van der Waals surface area contributed by atoms with Crippen molar-refractivity contribution < 1.29 is 14.1 Å². The number of rotatable bonds is 8. The van der Waals surface area contributed by atoms with Crippen LogP contribution in [0.25, 0.3) is 11.4 Å². The number of ether oxygens (including phenoxy) is 1. The van der Waals surface area contributed by atoms with Crippen LogP contribution in [0.1, 0.15) is 34.8 Å². The number of methoxy groups -OCH3 is 1. The van der Waals surface area contributed by atoms with Crippen molar-refractivity contribution in [3.05, 3.63) is 101 Å². The molecule has 4 rings (SSSR count). The summed E-state index contributed by atoms with van der Waals surface area (Å²) in [7, 11) is 1.62. The van der Waals surface area contributed by atoms with E-state index in [1.807, 2.05) is 73.7 Å². The maximum absolute atomic E-state index is 13.5. The summed E-state index contributed by atoms with van der Waals surface area (Å²) in [6.07, 6.45) is 0.413. The largest absolute Gasteiger partial charge is 0.497 e. The molecule has 0 aliphatic heterocycles. The van der Waals surface area contributed by atoms with Crippen molar-refractivity contribution in [2.24, 2.45) is 0 Å². The monoisotopic (exact) mass is 461 g/mol. The molecule has 1 heterocycles. The highest BCUT2D eigenvalue weighted by Gasteiger charge is 2.25. The summed E-state index contributed by atoms with van der Waals surface area (Å²) in [4.78, 5) is 19.7. The molecule has 1 atom stereocenters. The summed E-state index contributed by atoms with van der Waals surface area (Å²) in [5, 5.41) is 4.51. The summed E-state index contributed by atoms with van der Waals surface area (Å²) >= 11 is 6.33. The number of carbonyl (C=O) groups is 1. The topological polar surface area (TPSA) is 68.5 Å². The molecular formula is C26H24ClN3O3. The van der Waals surface area contributed by atoms with Crippen LogP contribution in [0.15, 0.2) is 83.4 Å². The number of hydrogen-bond acceptors (Lipinski definition) is 5. The van der Waals surface area contributed by atoms with Gasteiger partial charge in [-0.05, 0) is 48.9 Å². The van der Waals surface area contributed by atoms with Crippen LogP contribution in [0, 0.1) is 0 Å². The molecule has 0 N–H and O–H groups in total. The fourth-order valence-electron chi connectivity index (χ4n) is 3.60. The lowest BCUT2D eigenvalue weighted by Crippen LogP contribution is -2.35. The second-order valence-corrected chi connectivity index (χ2v) is 7.96. The van der Waals surface area contributed by atoms with Crippen LogP contribution in [-0.2, 0) is 6.42 Å². The molecule has 0 spiro atoms. The number of halogens is 1. The third-order valence-corrected chi connectivity index (χ3v) is 5.83. The van der Waals surface area contributed by atoms with Crippen LogP contribution in [0.2, 0.25) is 5.02 Å². The average Bonchev–Trinajstić information content (AvgIpc) is 3.34. The molecule has 3 aromatic carbocycles. The fraction of sp³-hybridized carbons (Fsp3) is 0.192. The van der Waals surface area contributed by atoms with Crippen molar-refractivity contribution >= 4 is 17.5 Å². The predicted octanol–water partition coefficient (Wildman–Crippen LogP) is 5.84. The van der Waals surface area contributed by atoms with E-state index in [9.17, 15) is 4.79 Å². The van der Waals surface area contributed by atoms with Gasteiger partial charge in [0.15, 0.2) is 0 Å². The molecule has 33 heavy (non-hydrogen) atoms. The second kappa shape index (κ2) is 10.3. The first-order chi connectivity index (χ1) is 16.1. The van der Waals surface area contributed by atoms with Gasteiger partial charge >= 0.3 is 0 Å². The number of nitrogens with zero attached hydrogens (tertiary/aromatic N) is 3. The third-order valence-electron chi connectivity index (χ3n) is 5.50. The SMILES string of the molecule is COc1ccc(-c2noc(CCN(C(=O)c3ccccc3Cl)C(C)c3ccccc3)n2)cc1. The highest BCUT2D eigenvalue weighted by atomic mass is 35.5. The van der Waals surface area contributed by atoms with E-state index < -0.39 is 0 Å². The number of aromatic nitrogens is 2. The molecule has 6 nitrogen and oxygen atoms in total. The lowest BCUT2D eigenvalue weighted by Gasteiger charge is -2.29. The Kier molecular flexibility index (Phi) is 7.05. The van der Waals surface area contributed by atoms with Gasteiger partial charge in [0.05, 0.1) is 23.7 Å². The normalized spacial score (nSPS) is 11.7.